The van der Waals surface area contributed by atoms with Crippen LogP contribution in [0.4, 0.5) is 4.39 Å². The van der Waals surface area contributed by atoms with Crippen molar-refractivity contribution in [2.45, 2.75) is 45.3 Å². The van der Waals surface area contributed by atoms with Crippen molar-refractivity contribution < 1.29 is 18.7 Å². The number of ether oxygens (including phenoxy) is 1. The number of benzene rings is 3. The molecule has 7 heteroatoms. The maximum Gasteiger partial charge on any atom is 0.261 e. The van der Waals surface area contributed by atoms with E-state index in [2.05, 4.69) is 5.32 Å². The zero-order valence-corrected chi connectivity index (χ0v) is 20.7. The van der Waals surface area contributed by atoms with Gasteiger partial charge in [0.25, 0.3) is 5.91 Å². The van der Waals surface area contributed by atoms with E-state index in [0.717, 1.165) is 17.5 Å². The summed E-state index contributed by atoms with van der Waals surface area (Å²) in [6.07, 6.45) is 1.07. The molecule has 0 heterocycles. The van der Waals surface area contributed by atoms with Crippen molar-refractivity contribution in [3.8, 4) is 5.75 Å². The fraction of sp³-hybridized carbons (Fsp3) is 0.286. The molecule has 0 aliphatic heterocycles. The van der Waals surface area contributed by atoms with Crippen molar-refractivity contribution in [1.29, 1.82) is 0 Å². The first-order valence-corrected chi connectivity index (χ1v) is 12.0. The van der Waals surface area contributed by atoms with Gasteiger partial charge in [0, 0.05) is 24.0 Å². The zero-order valence-electron chi connectivity index (χ0n) is 19.9. The third-order valence-electron chi connectivity index (χ3n) is 5.70. The minimum absolute atomic E-state index is 0.0211. The summed E-state index contributed by atoms with van der Waals surface area (Å²) in [6.45, 7) is 3.63. The van der Waals surface area contributed by atoms with E-state index < -0.39 is 24.4 Å². The third-order valence-corrected chi connectivity index (χ3v) is 5.94. The number of nitrogens with zero attached hydrogens (tertiary/aromatic N) is 1. The van der Waals surface area contributed by atoms with E-state index in [4.69, 9.17) is 16.3 Å². The molecule has 0 aliphatic rings. The molecular weight excluding hydrogens is 467 g/mol. The van der Waals surface area contributed by atoms with Crippen LogP contribution in [0, 0.1) is 5.82 Å². The molecule has 0 fully saturated rings. The fourth-order valence-electron chi connectivity index (χ4n) is 3.61. The van der Waals surface area contributed by atoms with Crippen LogP contribution in [0.5, 0.6) is 5.75 Å². The predicted molar refractivity (Wildman–Crippen MR) is 136 cm³/mol. The highest BCUT2D eigenvalue weighted by Crippen LogP contribution is 2.19. The van der Waals surface area contributed by atoms with Crippen LogP contribution < -0.4 is 10.1 Å². The molecule has 0 unspecified atom stereocenters. The summed E-state index contributed by atoms with van der Waals surface area (Å²) in [4.78, 5) is 28.4. The number of carbonyl (C=O) groups excluding carboxylic acids is 2. The Hall–Kier alpha value is -3.38. The summed E-state index contributed by atoms with van der Waals surface area (Å²) in [5, 5.41) is 3.53. The minimum Gasteiger partial charge on any atom is -0.481 e. The number of hydrogen-bond donors (Lipinski definition) is 1. The lowest BCUT2D eigenvalue weighted by atomic mass is 10.0. The number of amides is 2. The number of carbonyl (C=O) groups is 2. The summed E-state index contributed by atoms with van der Waals surface area (Å²) in [7, 11) is 0. The molecule has 0 radical (unpaired) electrons. The first kappa shape index (κ1) is 26.2. The average molecular weight is 497 g/mol. The Kier molecular flexibility index (Phi) is 9.67. The highest BCUT2D eigenvalue weighted by Gasteiger charge is 2.31. The Labute approximate surface area is 210 Å². The van der Waals surface area contributed by atoms with E-state index >= 15 is 0 Å². The molecular formula is C28H30ClFN2O3. The fourth-order valence-corrected chi connectivity index (χ4v) is 3.82. The second-order valence-corrected chi connectivity index (χ2v) is 8.83. The molecule has 1 N–H and O–H groups in total. The van der Waals surface area contributed by atoms with Crippen molar-refractivity contribution >= 4 is 23.4 Å². The number of rotatable bonds is 11. The lowest BCUT2D eigenvalue weighted by Gasteiger charge is -2.32. The lowest BCUT2D eigenvalue weighted by molar-refractivity contribution is -0.143. The van der Waals surface area contributed by atoms with E-state index in [1.807, 2.05) is 50.2 Å². The minimum atomic E-state index is -0.804. The average Bonchev–Trinajstić information content (AvgIpc) is 2.86. The van der Waals surface area contributed by atoms with E-state index in [-0.39, 0.29) is 24.2 Å². The molecule has 0 aliphatic carbocycles. The largest absolute Gasteiger partial charge is 0.481 e. The van der Waals surface area contributed by atoms with Crippen LogP contribution >= 0.6 is 11.6 Å². The molecule has 3 rings (SSSR count). The number of hydrogen-bond acceptors (Lipinski definition) is 3. The van der Waals surface area contributed by atoms with Gasteiger partial charge in [-0.15, -0.1) is 0 Å². The van der Waals surface area contributed by atoms with Crippen molar-refractivity contribution in [3.63, 3.8) is 0 Å². The van der Waals surface area contributed by atoms with Crippen LogP contribution in [-0.2, 0) is 22.6 Å². The maximum absolute atomic E-state index is 14.1. The maximum atomic E-state index is 14.1. The molecule has 5 nitrogen and oxygen atoms in total. The molecule has 0 spiro atoms. The van der Waals surface area contributed by atoms with Gasteiger partial charge in [0.1, 0.15) is 6.04 Å². The van der Waals surface area contributed by atoms with E-state index in [1.165, 1.54) is 17.0 Å². The quantitative estimate of drug-likeness (QED) is 0.386. The monoisotopic (exact) mass is 496 g/mol. The van der Waals surface area contributed by atoms with Crippen molar-refractivity contribution in [2.24, 2.45) is 0 Å². The topological polar surface area (TPSA) is 58.6 Å². The van der Waals surface area contributed by atoms with E-state index in [9.17, 15) is 14.0 Å². The zero-order chi connectivity index (χ0) is 25.2. The second kappa shape index (κ2) is 12.9. The molecule has 0 saturated carbocycles. The molecule has 0 bridgehead atoms. The van der Waals surface area contributed by atoms with Gasteiger partial charge in [0.2, 0.25) is 5.91 Å². The Bertz CT molecular complexity index is 1130. The lowest BCUT2D eigenvalue weighted by Crippen LogP contribution is -2.53. The molecule has 0 saturated heterocycles. The first-order valence-electron chi connectivity index (χ1n) is 11.6. The van der Waals surface area contributed by atoms with E-state index in [0.29, 0.717) is 11.4 Å². The molecule has 3 aromatic rings. The van der Waals surface area contributed by atoms with E-state index in [1.54, 1.807) is 30.3 Å². The van der Waals surface area contributed by atoms with Crippen LogP contribution in [0.2, 0.25) is 5.02 Å². The first-order chi connectivity index (χ1) is 16.9. The van der Waals surface area contributed by atoms with Gasteiger partial charge in [-0.25, -0.2) is 4.39 Å². The summed E-state index contributed by atoms with van der Waals surface area (Å²) in [5.74, 6) is -1.28. The van der Waals surface area contributed by atoms with Gasteiger partial charge in [0.15, 0.2) is 18.2 Å². The smallest absolute Gasteiger partial charge is 0.261 e. The van der Waals surface area contributed by atoms with Crippen LogP contribution in [0.25, 0.3) is 0 Å². The molecule has 2 atom stereocenters. The van der Waals surface area contributed by atoms with Crippen LogP contribution in [0.1, 0.15) is 31.4 Å². The number of halogens is 2. The molecule has 3 aromatic carbocycles. The van der Waals surface area contributed by atoms with Crippen molar-refractivity contribution in [3.05, 3.63) is 101 Å². The Morgan fingerprint density at radius 3 is 2.37 bits per heavy atom. The van der Waals surface area contributed by atoms with Crippen LogP contribution in [-0.4, -0.2) is 35.4 Å². The Morgan fingerprint density at radius 1 is 1.00 bits per heavy atom. The van der Waals surface area contributed by atoms with Gasteiger partial charge in [-0.3, -0.25) is 9.59 Å². The summed E-state index contributed by atoms with van der Waals surface area (Å²) >= 11 is 6.18. The van der Waals surface area contributed by atoms with Gasteiger partial charge in [-0.1, -0.05) is 73.1 Å². The van der Waals surface area contributed by atoms with Gasteiger partial charge in [0.05, 0.1) is 0 Å². The Morgan fingerprint density at radius 2 is 1.69 bits per heavy atom. The van der Waals surface area contributed by atoms with Gasteiger partial charge in [-0.2, -0.15) is 0 Å². The van der Waals surface area contributed by atoms with Crippen molar-refractivity contribution in [1.82, 2.24) is 10.2 Å². The SMILES string of the molecule is CC[C@H](C)NC(=O)[C@H](Cc1ccccc1)N(Cc1cccc(Cl)c1)C(=O)COc1ccccc1F. The van der Waals surface area contributed by atoms with Gasteiger partial charge < -0.3 is 15.0 Å². The summed E-state index contributed by atoms with van der Waals surface area (Å²) < 4.78 is 19.6. The number of nitrogens with one attached hydrogen (secondary N) is 1. The summed E-state index contributed by atoms with van der Waals surface area (Å²) in [5.41, 5.74) is 1.68. The molecule has 35 heavy (non-hydrogen) atoms. The highest BCUT2D eigenvalue weighted by molar-refractivity contribution is 6.30. The molecule has 2 amide bonds. The third kappa shape index (κ3) is 7.82. The van der Waals surface area contributed by atoms with Gasteiger partial charge in [-0.05, 0) is 48.7 Å². The molecule has 184 valence electrons. The normalized spacial score (nSPS) is 12.5. The van der Waals surface area contributed by atoms with Crippen molar-refractivity contribution in [2.75, 3.05) is 6.61 Å². The highest BCUT2D eigenvalue weighted by atomic mass is 35.5. The second-order valence-electron chi connectivity index (χ2n) is 8.39. The molecule has 0 aromatic heterocycles. The summed E-state index contributed by atoms with van der Waals surface area (Å²) in [6, 6.07) is 21.7. The van der Waals surface area contributed by atoms with Crippen LogP contribution in [0.15, 0.2) is 78.9 Å². The Balaban J connectivity index is 1.92. The standard InChI is InChI=1S/C28H30ClFN2O3/c1-3-20(2)31-28(34)25(17-21-10-5-4-6-11-21)32(18-22-12-9-13-23(29)16-22)27(33)19-35-26-15-8-7-14-24(26)30/h4-16,20,25H,3,17-19H2,1-2H3,(H,31,34)/t20-,25-/m0/s1. The van der Waals surface area contributed by atoms with Crippen LogP contribution in [0.3, 0.4) is 0 Å². The van der Waals surface area contributed by atoms with Gasteiger partial charge >= 0.3 is 0 Å². The number of para-hydroxylation sites is 1. The predicted octanol–water partition coefficient (Wildman–Crippen LogP) is 5.41.